The molecule has 0 atom stereocenters. The third-order valence-electron chi connectivity index (χ3n) is 7.47. The van der Waals surface area contributed by atoms with Crippen molar-refractivity contribution >= 4 is 17.0 Å². The number of carbonyl (C=O) groups is 1. The van der Waals surface area contributed by atoms with Gasteiger partial charge < -0.3 is 28.6 Å². The number of ether oxygens (including phenoxy) is 4. The van der Waals surface area contributed by atoms with Crippen LogP contribution in [-0.4, -0.2) is 52.0 Å². The summed E-state index contributed by atoms with van der Waals surface area (Å²) in [5.41, 5.74) is 3.80. The van der Waals surface area contributed by atoms with Gasteiger partial charge in [-0.05, 0) is 55.0 Å². The summed E-state index contributed by atoms with van der Waals surface area (Å²) in [5, 5.41) is 18.7. The summed E-state index contributed by atoms with van der Waals surface area (Å²) in [6, 6.07) is 20.1. The summed E-state index contributed by atoms with van der Waals surface area (Å²) >= 11 is 0. The highest BCUT2D eigenvalue weighted by atomic mass is 19.1. The molecule has 2 aliphatic heterocycles. The van der Waals surface area contributed by atoms with E-state index in [2.05, 4.69) is 16.0 Å². The summed E-state index contributed by atoms with van der Waals surface area (Å²) < 4.78 is 40.1. The number of benzene rings is 3. The topological polar surface area (TPSA) is 129 Å². The number of hydrogen-bond donors (Lipinski definition) is 1. The molecule has 10 nitrogen and oxygen atoms in total. The molecule has 228 valence electrons. The fraction of sp³-hybridized carbons (Fsp3) is 0.235. The Balaban J connectivity index is 0.000000828. The van der Waals surface area contributed by atoms with Crippen molar-refractivity contribution < 1.29 is 33.2 Å². The van der Waals surface area contributed by atoms with Crippen LogP contribution in [0.4, 0.5) is 4.39 Å². The van der Waals surface area contributed by atoms with Crippen LogP contribution in [0.15, 0.2) is 66.7 Å². The fourth-order valence-electron chi connectivity index (χ4n) is 4.89. The molecule has 5 aromatic rings. The molecule has 0 aliphatic carbocycles. The predicted octanol–water partition coefficient (Wildman–Crippen LogP) is 5.69. The average Bonchev–Trinajstić information content (AvgIpc) is 3.32. The fourth-order valence-corrected chi connectivity index (χ4v) is 4.89. The molecule has 1 N–H and O–H groups in total. The van der Waals surface area contributed by atoms with Crippen molar-refractivity contribution in [2.75, 3.05) is 26.4 Å². The number of nitrogens with zero attached hydrogens (tertiary/aromatic N) is 4. The molecule has 0 unspecified atom stereocenters. The van der Waals surface area contributed by atoms with Crippen LogP contribution in [0.3, 0.4) is 0 Å². The van der Waals surface area contributed by atoms with Crippen LogP contribution in [0.1, 0.15) is 39.3 Å². The summed E-state index contributed by atoms with van der Waals surface area (Å²) in [4.78, 5) is 20.6. The number of hydrogen-bond acceptors (Lipinski definition) is 8. The van der Waals surface area contributed by atoms with Crippen LogP contribution in [0.25, 0.3) is 22.3 Å². The summed E-state index contributed by atoms with van der Waals surface area (Å²) in [6.45, 7) is 2.46. The Morgan fingerprint density at radius 3 is 2.49 bits per heavy atom. The molecule has 3 aromatic carbocycles. The van der Waals surface area contributed by atoms with Crippen molar-refractivity contribution in [1.29, 1.82) is 5.26 Å². The lowest BCUT2D eigenvalue weighted by atomic mass is 10.0. The smallest absolute Gasteiger partial charge is 0.335 e. The van der Waals surface area contributed by atoms with Gasteiger partial charge in [0.2, 0.25) is 5.88 Å². The van der Waals surface area contributed by atoms with Crippen LogP contribution in [0.5, 0.6) is 17.4 Å². The predicted molar refractivity (Wildman–Crippen MR) is 162 cm³/mol. The van der Waals surface area contributed by atoms with E-state index in [0.29, 0.717) is 51.1 Å². The van der Waals surface area contributed by atoms with Gasteiger partial charge in [-0.25, -0.2) is 19.2 Å². The van der Waals surface area contributed by atoms with E-state index in [1.54, 1.807) is 66.2 Å². The van der Waals surface area contributed by atoms with E-state index >= 15 is 4.39 Å². The molecule has 0 saturated carbocycles. The first-order chi connectivity index (χ1) is 21.9. The zero-order chi connectivity index (χ0) is 31.3. The first-order valence-corrected chi connectivity index (χ1v) is 14.4. The summed E-state index contributed by atoms with van der Waals surface area (Å²) in [5.74, 6) is 0.333. The standard InChI is InChI=1S/C31H23FN4O5.C3H6O/c1-36-26-13-19(31(37)38)7-8-25(26)34-29(36)14-21-12-23(32)22-15-28(21)40-10-9-39-27-11-18(16-33)5-6-20(27)17-41-30-4-2-3-24(22)35-30;1-2-4-3-1/h2-8,11-13,15H,9-10,14,17H2,1H3,(H,37,38);1-3H2. The van der Waals surface area contributed by atoms with Gasteiger partial charge in [-0.1, -0.05) is 12.1 Å². The molecule has 1 fully saturated rings. The first kappa shape index (κ1) is 29.6. The highest BCUT2D eigenvalue weighted by molar-refractivity contribution is 5.92. The third kappa shape index (κ3) is 6.56. The largest absolute Gasteiger partial charge is 0.490 e. The Labute approximate surface area is 258 Å². The highest BCUT2D eigenvalue weighted by Gasteiger charge is 2.19. The van der Waals surface area contributed by atoms with E-state index in [4.69, 9.17) is 18.9 Å². The van der Waals surface area contributed by atoms with Gasteiger partial charge in [-0.15, -0.1) is 0 Å². The van der Waals surface area contributed by atoms with Gasteiger partial charge in [0, 0.05) is 49.4 Å². The summed E-state index contributed by atoms with van der Waals surface area (Å²) in [7, 11) is 1.79. The van der Waals surface area contributed by atoms with Gasteiger partial charge in [0.25, 0.3) is 0 Å². The van der Waals surface area contributed by atoms with Crippen LogP contribution in [0, 0.1) is 17.1 Å². The molecule has 7 rings (SSSR count). The molecule has 0 radical (unpaired) electrons. The Bertz CT molecular complexity index is 1920. The SMILES string of the molecule is C1COC1.Cn1c(Cc2cc(F)c3cc2OCCOc2cc(C#N)ccc2COc2cccc-3n2)nc2ccc(C(=O)O)cc21. The molecule has 11 heteroatoms. The lowest BCUT2D eigenvalue weighted by Gasteiger charge is -2.17. The number of rotatable bonds is 3. The maximum atomic E-state index is 15.6. The number of carboxylic acids is 1. The normalized spacial score (nSPS) is 13.7. The number of carboxylic acid groups (broad SMARTS) is 1. The number of aromatic nitrogens is 3. The molecular formula is C34H29FN4O6. The van der Waals surface area contributed by atoms with Crippen molar-refractivity contribution in [3.63, 3.8) is 0 Å². The molecule has 4 bridgehead atoms. The number of fused-ring (bicyclic) bond motifs is 7. The Kier molecular flexibility index (Phi) is 8.57. The maximum Gasteiger partial charge on any atom is 0.335 e. The lowest BCUT2D eigenvalue weighted by molar-refractivity contribution is 0.0367. The number of pyridine rings is 1. The van der Waals surface area contributed by atoms with E-state index in [1.807, 2.05) is 0 Å². The van der Waals surface area contributed by atoms with Crippen molar-refractivity contribution in [1.82, 2.24) is 14.5 Å². The van der Waals surface area contributed by atoms with E-state index in [9.17, 15) is 15.2 Å². The van der Waals surface area contributed by atoms with Crippen molar-refractivity contribution in [3.8, 4) is 34.7 Å². The Hall–Kier alpha value is -5.47. The number of halogens is 1. The molecule has 2 aliphatic rings. The van der Waals surface area contributed by atoms with Crippen molar-refractivity contribution in [2.24, 2.45) is 7.05 Å². The molecule has 2 aromatic heterocycles. The molecule has 0 amide bonds. The molecular weight excluding hydrogens is 579 g/mol. The monoisotopic (exact) mass is 608 g/mol. The maximum absolute atomic E-state index is 15.6. The zero-order valence-electron chi connectivity index (χ0n) is 24.5. The minimum Gasteiger partial charge on any atom is -0.490 e. The van der Waals surface area contributed by atoms with Gasteiger partial charge in [-0.2, -0.15) is 5.26 Å². The number of nitriles is 1. The molecule has 4 heterocycles. The second-order valence-electron chi connectivity index (χ2n) is 10.5. The third-order valence-corrected chi connectivity index (χ3v) is 7.47. The second-order valence-corrected chi connectivity index (χ2v) is 10.5. The quantitative estimate of drug-likeness (QED) is 0.275. The van der Waals surface area contributed by atoms with Crippen LogP contribution in [-0.2, 0) is 24.8 Å². The minimum absolute atomic E-state index is 0.146. The number of aromatic carboxylic acids is 1. The van der Waals surface area contributed by atoms with Gasteiger partial charge in [0.15, 0.2) is 0 Å². The minimum atomic E-state index is -1.03. The summed E-state index contributed by atoms with van der Waals surface area (Å²) in [6.07, 6.45) is 1.51. The lowest BCUT2D eigenvalue weighted by Crippen LogP contribution is -2.13. The number of imidazole rings is 1. The molecule has 0 spiro atoms. The average molecular weight is 609 g/mol. The Morgan fingerprint density at radius 2 is 1.76 bits per heavy atom. The van der Waals surface area contributed by atoms with Crippen molar-refractivity contribution in [2.45, 2.75) is 19.4 Å². The van der Waals surface area contributed by atoms with Gasteiger partial charge in [-0.3, -0.25) is 0 Å². The van der Waals surface area contributed by atoms with Crippen LogP contribution < -0.4 is 14.2 Å². The van der Waals surface area contributed by atoms with Crippen molar-refractivity contribution in [3.05, 3.63) is 101 Å². The molecule has 45 heavy (non-hydrogen) atoms. The Morgan fingerprint density at radius 1 is 0.978 bits per heavy atom. The van der Waals surface area contributed by atoms with Crippen LogP contribution >= 0.6 is 0 Å². The van der Waals surface area contributed by atoms with E-state index < -0.39 is 11.8 Å². The zero-order valence-corrected chi connectivity index (χ0v) is 24.5. The van der Waals surface area contributed by atoms with E-state index in [0.717, 1.165) is 18.8 Å². The second kappa shape index (κ2) is 13.0. The highest BCUT2D eigenvalue weighted by Crippen LogP contribution is 2.33. The van der Waals surface area contributed by atoms with E-state index in [-0.39, 0.29) is 37.4 Å². The van der Waals surface area contributed by atoms with Crippen LogP contribution in [0.2, 0.25) is 0 Å². The van der Waals surface area contributed by atoms with Gasteiger partial charge in [0.1, 0.15) is 43.0 Å². The van der Waals surface area contributed by atoms with E-state index in [1.165, 1.54) is 18.6 Å². The van der Waals surface area contributed by atoms with Gasteiger partial charge >= 0.3 is 5.97 Å². The first-order valence-electron chi connectivity index (χ1n) is 14.4. The van der Waals surface area contributed by atoms with Gasteiger partial charge in [0.05, 0.1) is 33.9 Å². The molecule has 1 saturated heterocycles. The number of aryl methyl sites for hydroxylation is 1.